The Morgan fingerprint density at radius 3 is 2.69 bits per heavy atom. The summed E-state index contributed by atoms with van der Waals surface area (Å²) in [6.07, 6.45) is 8.71. The molecule has 1 N–H and O–H groups in total. The van der Waals surface area contributed by atoms with Crippen molar-refractivity contribution >= 4 is 50.0 Å². The molecule has 2 amide bonds. The average molecular weight is 538 g/mol. The van der Waals surface area contributed by atoms with Gasteiger partial charge in [-0.2, -0.15) is 0 Å². The minimum atomic E-state index is -0.114. The summed E-state index contributed by atoms with van der Waals surface area (Å²) < 4.78 is 3.09. The van der Waals surface area contributed by atoms with Crippen LogP contribution in [0.1, 0.15) is 53.2 Å². The fourth-order valence-corrected chi connectivity index (χ4v) is 6.39. The van der Waals surface area contributed by atoms with E-state index in [1.165, 1.54) is 17.8 Å². The number of anilines is 1. The lowest BCUT2D eigenvalue weighted by Gasteiger charge is -2.29. The topological polar surface area (TPSA) is 80.1 Å². The third-order valence-electron chi connectivity index (χ3n) is 7.61. The number of pyridine rings is 1. The lowest BCUT2D eigenvalue weighted by Crippen LogP contribution is -2.37. The van der Waals surface area contributed by atoms with E-state index in [1.54, 1.807) is 12.4 Å². The highest BCUT2D eigenvalue weighted by molar-refractivity contribution is 7.20. The number of hydrogen-bond acceptors (Lipinski definition) is 5. The molecular formula is C31H31N5O2S. The monoisotopic (exact) mass is 537 g/mol. The van der Waals surface area contributed by atoms with Crippen molar-refractivity contribution in [2.75, 3.05) is 4.90 Å². The van der Waals surface area contributed by atoms with Gasteiger partial charge in [-0.05, 0) is 66.3 Å². The number of nitrogens with one attached hydrogen (secondary N) is 1. The normalized spacial score (nSPS) is 14.1. The summed E-state index contributed by atoms with van der Waals surface area (Å²) in [5.74, 6) is 0.920. The SMILES string of the molecule is Cn1c(CN(C(=O)C2CCCCC2)c2ccc3sc(C(=O)NCc4cccnc4)cc3c2)nc2ccccc21. The number of para-hydroxylation sites is 2. The minimum Gasteiger partial charge on any atom is -0.347 e. The molecule has 0 atom stereocenters. The molecule has 2 aromatic carbocycles. The Bertz CT molecular complexity index is 1640. The van der Waals surface area contributed by atoms with Gasteiger partial charge in [-0.1, -0.05) is 37.5 Å². The molecule has 0 spiro atoms. The predicted molar refractivity (Wildman–Crippen MR) is 156 cm³/mol. The molecule has 6 rings (SSSR count). The van der Waals surface area contributed by atoms with Crippen LogP contribution in [0.25, 0.3) is 21.1 Å². The number of carbonyl (C=O) groups is 2. The first kappa shape index (κ1) is 25.2. The van der Waals surface area contributed by atoms with Gasteiger partial charge < -0.3 is 14.8 Å². The van der Waals surface area contributed by atoms with Gasteiger partial charge in [0.15, 0.2) is 0 Å². The number of fused-ring (bicyclic) bond motifs is 2. The van der Waals surface area contributed by atoms with Gasteiger partial charge in [-0.3, -0.25) is 14.6 Å². The van der Waals surface area contributed by atoms with Crippen molar-refractivity contribution in [1.82, 2.24) is 19.9 Å². The van der Waals surface area contributed by atoms with Gasteiger partial charge >= 0.3 is 0 Å². The van der Waals surface area contributed by atoms with Crippen LogP contribution >= 0.6 is 11.3 Å². The van der Waals surface area contributed by atoms with Crippen molar-refractivity contribution in [3.63, 3.8) is 0 Å². The molecule has 3 heterocycles. The summed E-state index contributed by atoms with van der Waals surface area (Å²) in [5.41, 5.74) is 3.77. The first-order valence-electron chi connectivity index (χ1n) is 13.5. The number of thiophene rings is 1. The molecule has 7 nitrogen and oxygen atoms in total. The Kier molecular flexibility index (Phi) is 7.11. The quantitative estimate of drug-likeness (QED) is 0.267. The lowest BCUT2D eigenvalue weighted by atomic mass is 9.88. The second kappa shape index (κ2) is 11.0. The van der Waals surface area contributed by atoms with Gasteiger partial charge in [0.25, 0.3) is 5.91 Å². The summed E-state index contributed by atoms with van der Waals surface area (Å²) in [5, 5.41) is 3.94. The summed E-state index contributed by atoms with van der Waals surface area (Å²) in [6, 6.07) is 19.8. The summed E-state index contributed by atoms with van der Waals surface area (Å²) >= 11 is 1.46. The Balaban J connectivity index is 1.29. The van der Waals surface area contributed by atoms with Crippen LogP contribution in [0.4, 0.5) is 5.69 Å². The van der Waals surface area contributed by atoms with Crippen LogP contribution < -0.4 is 10.2 Å². The molecule has 198 valence electrons. The lowest BCUT2D eigenvalue weighted by molar-refractivity contribution is -0.123. The molecule has 5 aromatic rings. The van der Waals surface area contributed by atoms with Gasteiger partial charge in [-0.15, -0.1) is 11.3 Å². The highest BCUT2D eigenvalue weighted by Gasteiger charge is 2.28. The van der Waals surface area contributed by atoms with Gasteiger partial charge in [0.1, 0.15) is 5.82 Å². The van der Waals surface area contributed by atoms with E-state index in [0.717, 1.165) is 63.9 Å². The number of nitrogens with zero attached hydrogens (tertiary/aromatic N) is 4. The maximum absolute atomic E-state index is 13.9. The molecule has 3 aromatic heterocycles. The molecule has 1 aliphatic carbocycles. The molecule has 0 unspecified atom stereocenters. The number of benzene rings is 2. The highest BCUT2D eigenvalue weighted by Crippen LogP contribution is 2.33. The number of aryl methyl sites for hydroxylation is 1. The summed E-state index contributed by atoms with van der Waals surface area (Å²) in [6.45, 7) is 0.822. The average Bonchev–Trinajstić information content (AvgIpc) is 3.56. The molecule has 0 radical (unpaired) electrons. The first-order valence-corrected chi connectivity index (χ1v) is 14.3. The number of amides is 2. The Morgan fingerprint density at radius 2 is 1.90 bits per heavy atom. The van der Waals surface area contributed by atoms with E-state index >= 15 is 0 Å². The van der Waals surface area contributed by atoms with Gasteiger partial charge in [0, 0.05) is 42.3 Å². The fourth-order valence-electron chi connectivity index (χ4n) is 5.43. The Labute approximate surface area is 231 Å². The third-order valence-corrected chi connectivity index (χ3v) is 8.73. The van der Waals surface area contributed by atoms with Crippen LogP contribution in [-0.4, -0.2) is 26.3 Å². The first-order chi connectivity index (χ1) is 19.1. The van der Waals surface area contributed by atoms with Crippen molar-refractivity contribution < 1.29 is 9.59 Å². The number of carbonyl (C=O) groups excluding carboxylic acids is 2. The fraction of sp³-hybridized carbons (Fsp3) is 0.290. The maximum Gasteiger partial charge on any atom is 0.261 e. The minimum absolute atomic E-state index is 0.0282. The van der Waals surface area contributed by atoms with Crippen molar-refractivity contribution in [3.8, 4) is 0 Å². The Morgan fingerprint density at radius 1 is 1.05 bits per heavy atom. The number of rotatable bonds is 7. The summed E-state index contributed by atoms with van der Waals surface area (Å²) in [7, 11) is 2.01. The highest BCUT2D eigenvalue weighted by atomic mass is 32.1. The van der Waals surface area contributed by atoms with Crippen molar-refractivity contribution in [3.05, 3.63) is 89.3 Å². The largest absolute Gasteiger partial charge is 0.347 e. The van der Waals surface area contributed by atoms with E-state index in [1.807, 2.05) is 66.5 Å². The zero-order valence-electron chi connectivity index (χ0n) is 22.0. The standard InChI is InChI=1S/C31H31N5O2S/c1-35-26-12-6-5-11-25(26)34-29(35)20-36(31(38)22-9-3-2-4-10-22)24-13-14-27-23(16-24)17-28(39-27)30(37)33-19-21-8-7-15-32-18-21/h5-8,11-18,22H,2-4,9-10,19-20H2,1H3,(H,33,37). The number of imidazole rings is 1. The zero-order chi connectivity index (χ0) is 26.8. The number of aromatic nitrogens is 3. The molecule has 0 bridgehead atoms. The van der Waals surface area contributed by atoms with E-state index in [-0.39, 0.29) is 17.7 Å². The molecule has 8 heteroatoms. The van der Waals surface area contributed by atoms with Gasteiger partial charge in [0.2, 0.25) is 5.91 Å². The molecule has 0 aliphatic heterocycles. The van der Waals surface area contributed by atoms with Crippen molar-refractivity contribution in [2.45, 2.75) is 45.2 Å². The van der Waals surface area contributed by atoms with Crippen LogP contribution in [0.5, 0.6) is 0 Å². The van der Waals surface area contributed by atoms with Crippen molar-refractivity contribution in [2.24, 2.45) is 13.0 Å². The maximum atomic E-state index is 13.9. The molecule has 0 saturated heterocycles. The van der Waals surface area contributed by atoms with Crippen LogP contribution in [-0.2, 0) is 24.9 Å². The second-order valence-corrected chi connectivity index (χ2v) is 11.3. The van der Waals surface area contributed by atoms with Gasteiger partial charge in [0.05, 0.1) is 22.5 Å². The second-order valence-electron chi connectivity index (χ2n) is 10.2. The molecule has 1 aliphatic rings. The summed E-state index contributed by atoms with van der Waals surface area (Å²) in [4.78, 5) is 38.3. The third kappa shape index (κ3) is 5.29. The van der Waals surface area contributed by atoms with Crippen LogP contribution in [0.3, 0.4) is 0 Å². The predicted octanol–water partition coefficient (Wildman–Crippen LogP) is 6.23. The van der Waals surface area contributed by atoms with E-state index in [4.69, 9.17) is 4.98 Å². The van der Waals surface area contributed by atoms with E-state index < -0.39 is 0 Å². The van der Waals surface area contributed by atoms with Crippen LogP contribution in [0, 0.1) is 5.92 Å². The molecule has 1 fully saturated rings. The van der Waals surface area contributed by atoms with E-state index in [2.05, 4.69) is 20.9 Å². The Hall–Kier alpha value is -4.04. The van der Waals surface area contributed by atoms with E-state index in [0.29, 0.717) is 18.0 Å². The van der Waals surface area contributed by atoms with Crippen molar-refractivity contribution in [1.29, 1.82) is 0 Å². The molecule has 39 heavy (non-hydrogen) atoms. The van der Waals surface area contributed by atoms with E-state index in [9.17, 15) is 9.59 Å². The zero-order valence-corrected chi connectivity index (χ0v) is 22.8. The molecular weight excluding hydrogens is 506 g/mol. The smallest absolute Gasteiger partial charge is 0.261 e. The molecule has 1 saturated carbocycles. The number of hydrogen-bond donors (Lipinski definition) is 1. The van der Waals surface area contributed by atoms with Crippen LogP contribution in [0.15, 0.2) is 73.1 Å². The van der Waals surface area contributed by atoms with Gasteiger partial charge in [-0.25, -0.2) is 4.98 Å². The van der Waals surface area contributed by atoms with Crippen LogP contribution in [0.2, 0.25) is 0 Å².